The van der Waals surface area contributed by atoms with E-state index in [9.17, 15) is 10.1 Å². The number of carbonyl (C=O) groups is 1. The van der Waals surface area contributed by atoms with Gasteiger partial charge in [-0.05, 0) is 50.1 Å². The first kappa shape index (κ1) is 24.5. The minimum atomic E-state index is -0.545. The Morgan fingerprint density at radius 2 is 1.66 bits per heavy atom. The van der Waals surface area contributed by atoms with Gasteiger partial charge in [0, 0.05) is 21.7 Å². The van der Waals surface area contributed by atoms with Gasteiger partial charge in [0.15, 0.2) is 5.69 Å². The molecule has 0 atom stereocenters. The van der Waals surface area contributed by atoms with Crippen LogP contribution in [0.15, 0.2) is 78.9 Å². The van der Waals surface area contributed by atoms with Crippen molar-refractivity contribution in [2.24, 2.45) is 0 Å². The number of hydrogen-bond donors (Lipinski definition) is 1. The highest BCUT2D eigenvalue weighted by Gasteiger charge is 2.29. The zero-order chi connectivity index (χ0) is 25.0. The summed E-state index contributed by atoms with van der Waals surface area (Å²) in [5.41, 5.74) is 3.30. The van der Waals surface area contributed by atoms with Crippen molar-refractivity contribution in [3.05, 3.63) is 106 Å². The van der Waals surface area contributed by atoms with Crippen LogP contribution in [0.2, 0.25) is 10.0 Å². The molecule has 3 aromatic carbocycles. The van der Waals surface area contributed by atoms with E-state index >= 15 is 0 Å². The standard InChI is InChI=1S/C28H24Cl2N4O/c1-28(2,18-19-8-4-3-5-9-19)32-27(35)25-22(16-17-31)26(20-12-14-21(29)15-13-20)34(33-25)24-11-7-6-10-23(24)30/h3-15H,16,18H2,1-2H3,(H,32,35). The number of nitriles is 1. The number of benzene rings is 3. The van der Waals surface area contributed by atoms with Crippen molar-refractivity contribution in [1.82, 2.24) is 15.1 Å². The van der Waals surface area contributed by atoms with Gasteiger partial charge in [0.05, 0.1) is 28.9 Å². The average Bonchev–Trinajstić information content (AvgIpc) is 3.19. The second-order valence-corrected chi connectivity index (χ2v) is 9.72. The highest BCUT2D eigenvalue weighted by Crippen LogP contribution is 2.33. The summed E-state index contributed by atoms with van der Waals surface area (Å²) >= 11 is 12.6. The maximum Gasteiger partial charge on any atom is 0.272 e. The molecular formula is C28H24Cl2N4O. The summed E-state index contributed by atoms with van der Waals surface area (Å²) in [6.45, 7) is 3.93. The molecule has 0 fully saturated rings. The molecule has 0 saturated carbocycles. The Morgan fingerprint density at radius 1 is 1.00 bits per heavy atom. The van der Waals surface area contributed by atoms with Gasteiger partial charge in [-0.25, -0.2) is 4.68 Å². The fraction of sp³-hybridized carbons (Fsp3) is 0.179. The van der Waals surface area contributed by atoms with E-state index in [-0.39, 0.29) is 18.0 Å². The summed E-state index contributed by atoms with van der Waals surface area (Å²) in [5.74, 6) is -0.350. The quantitative estimate of drug-likeness (QED) is 0.307. The topological polar surface area (TPSA) is 70.7 Å². The Kier molecular flexibility index (Phi) is 7.25. The molecule has 1 N–H and O–H groups in total. The number of halogens is 2. The number of nitrogens with one attached hydrogen (secondary N) is 1. The van der Waals surface area contributed by atoms with Crippen molar-refractivity contribution < 1.29 is 4.79 Å². The fourth-order valence-corrected chi connectivity index (χ4v) is 4.44. The third-order valence-corrected chi connectivity index (χ3v) is 6.17. The lowest BCUT2D eigenvalue weighted by Gasteiger charge is -2.26. The second-order valence-electron chi connectivity index (χ2n) is 8.88. The van der Waals surface area contributed by atoms with E-state index in [2.05, 4.69) is 16.5 Å². The summed E-state index contributed by atoms with van der Waals surface area (Å²) in [6, 6.07) is 26.6. The van der Waals surface area contributed by atoms with Crippen molar-refractivity contribution in [3.8, 4) is 23.0 Å². The SMILES string of the molecule is CC(C)(Cc1ccccc1)NC(=O)c1nn(-c2ccccc2Cl)c(-c2ccc(Cl)cc2)c1CC#N. The Bertz CT molecular complexity index is 1390. The van der Waals surface area contributed by atoms with Crippen LogP contribution in [0.3, 0.4) is 0 Å². The van der Waals surface area contributed by atoms with Crippen LogP contribution in [0, 0.1) is 11.3 Å². The molecule has 1 amide bonds. The average molecular weight is 503 g/mol. The van der Waals surface area contributed by atoms with E-state index in [1.165, 1.54) is 0 Å². The van der Waals surface area contributed by atoms with Gasteiger partial charge in [-0.2, -0.15) is 10.4 Å². The predicted molar refractivity (Wildman–Crippen MR) is 140 cm³/mol. The van der Waals surface area contributed by atoms with Crippen LogP contribution in [-0.4, -0.2) is 21.2 Å². The van der Waals surface area contributed by atoms with E-state index in [0.29, 0.717) is 33.4 Å². The lowest BCUT2D eigenvalue weighted by molar-refractivity contribution is 0.0906. The molecule has 35 heavy (non-hydrogen) atoms. The molecule has 0 aliphatic heterocycles. The van der Waals surface area contributed by atoms with Crippen LogP contribution in [-0.2, 0) is 12.8 Å². The molecule has 0 saturated heterocycles. The number of hydrogen-bond acceptors (Lipinski definition) is 3. The first-order chi connectivity index (χ1) is 16.8. The van der Waals surface area contributed by atoms with Gasteiger partial charge in [-0.3, -0.25) is 4.79 Å². The molecule has 4 aromatic rings. The van der Waals surface area contributed by atoms with Gasteiger partial charge >= 0.3 is 0 Å². The number of nitrogens with zero attached hydrogens (tertiary/aromatic N) is 3. The summed E-state index contributed by atoms with van der Waals surface area (Å²) in [5, 5.41) is 18.5. The molecule has 176 valence electrons. The number of para-hydroxylation sites is 1. The van der Waals surface area contributed by atoms with Gasteiger partial charge in [0.2, 0.25) is 0 Å². The summed E-state index contributed by atoms with van der Waals surface area (Å²) < 4.78 is 1.64. The number of rotatable bonds is 7. The highest BCUT2D eigenvalue weighted by atomic mass is 35.5. The van der Waals surface area contributed by atoms with Gasteiger partial charge in [-0.15, -0.1) is 0 Å². The monoisotopic (exact) mass is 502 g/mol. The largest absolute Gasteiger partial charge is 0.345 e. The van der Waals surface area contributed by atoms with Crippen molar-refractivity contribution in [3.63, 3.8) is 0 Å². The van der Waals surface area contributed by atoms with Crippen molar-refractivity contribution >= 4 is 29.1 Å². The molecule has 0 radical (unpaired) electrons. The van der Waals surface area contributed by atoms with Gasteiger partial charge < -0.3 is 5.32 Å². The molecule has 0 spiro atoms. The van der Waals surface area contributed by atoms with Crippen LogP contribution in [0.25, 0.3) is 16.9 Å². The minimum absolute atomic E-state index is 0.00425. The summed E-state index contributed by atoms with van der Waals surface area (Å²) in [4.78, 5) is 13.6. The molecule has 1 aromatic heterocycles. The molecule has 0 aliphatic carbocycles. The van der Waals surface area contributed by atoms with Crippen LogP contribution < -0.4 is 5.32 Å². The lowest BCUT2D eigenvalue weighted by atomic mass is 9.94. The smallest absolute Gasteiger partial charge is 0.272 e. The van der Waals surface area contributed by atoms with Gasteiger partial charge in [0.1, 0.15) is 0 Å². The van der Waals surface area contributed by atoms with E-state index in [1.54, 1.807) is 22.9 Å². The van der Waals surface area contributed by atoms with Crippen LogP contribution >= 0.6 is 23.2 Å². The third-order valence-electron chi connectivity index (χ3n) is 5.59. The second kappa shape index (κ2) is 10.4. The normalized spacial score (nSPS) is 11.2. The van der Waals surface area contributed by atoms with E-state index < -0.39 is 5.54 Å². The number of carbonyl (C=O) groups excluding carboxylic acids is 1. The van der Waals surface area contributed by atoms with Crippen LogP contribution in [0.4, 0.5) is 0 Å². The number of aromatic nitrogens is 2. The Morgan fingerprint density at radius 3 is 2.31 bits per heavy atom. The van der Waals surface area contributed by atoms with Gasteiger partial charge in [0.25, 0.3) is 5.91 Å². The van der Waals surface area contributed by atoms with E-state index in [0.717, 1.165) is 11.1 Å². The van der Waals surface area contributed by atoms with Crippen molar-refractivity contribution in [2.75, 3.05) is 0 Å². The Labute approximate surface area is 214 Å². The first-order valence-corrected chi connectivity index (χ1v) is 11.9. The Hall–Kier alpha value is -3.59. The minimum Gasteiger partial charge on any atom is -0.345 e. The molecule has 7 heteroatoms. The van der Waals surface area contributed by atoms with E-state index in [4.69, 9.17) is 23.2 Å². The fourth-order valence-electron chi connectivity index (χ4n) is 4.10. The van der Waals surface area contributed by atoms with Crippen molar-refractivity contribution in [1.29, 1.82) is 5.26 Å². The third kappa shape index (κ3) is 5.57. The number of amides is 1. The molecule has 0 unspecified atom stereocenters. The molecular weight excluding hydrogens is 479 g/mol. The zero-order valence-corrected chi connectivity index (χ0v) is 20.9. The predicted octanol–water partition coefficient (Wildman–Crippen LogP) is 6.66. The van der Waals surface area contributed by atoms with Crippen LogP contribution in [0.5, 0.6) is 0 Å². The molecule has 4 rings (SSSR count). The maximum absolute atomic E-state index is 13.6. The van der Waals surface area contributed by atoms with Crippen molar-refractivity contribution in [2.45, 2.75) is 32.2 Å². The molecule has 1 heterocycles. The first-order valence-electron chi connectivity index (χ1n) is 11.2. The van der Waals surface area contributed by atoms with Gasteiger partial charge in [-0.1, -0.05) is 77.8 Å². The lowest BCUT2D eigenvalue weighted by Crippen LogP contribution is -2.45. The summed E-state index contributed by atoms with van der Waals surface area (Å²) in [7, 11) is 0. The highest BCUT2D eigenvalue weighted by molar-refractivity contribution is 6.32. The van der Waals surface area contributed by atoms with E-state index in [1.807, 2.05) is 74.5 Å². The maximum atomic E-state index is 13.6. The Balaban J connectivity index is 1.81. The van der Waals surface area contributed by atoms with Crippen LogP contribution in [0.1, 0.15) is 35.5 Å². The molecule has 0 bridgehead atoms. The molecule has 0 aliphatic rings. The molecule has 5 nitrogen and oxygen atoms in total. The zero-order valence-electron chi connectivity index (χ0n) is 19.4. The summed E-state index contributed by atoms with van der Waals surface area (Å²) in [6.07, 6.45) is 0.646.